The van der Waals surface area contributed by atoms with Crippen molar-refractivity contribution >= 4 is 17.5 Å². The van der Waals surface area contributed by atoms with Gasteiger partial charge in [-0.1, -0.05) is 6.92 Å². The molecule has 0 spiro atoms. The molecular formula is C15H27N5O2. The first-order valence-corrected chi connectivity index (χ1v) is 7.56. The van der Waals surface area contributed by atoms with Crippen molar-refractivity contribution in [3.05, 3.63) is 11.4 Å². The minimum absolute atomic E-state index is 0.0709. The molecule has 1 aromatic rings. The van der Waals surface area contributed by atoms with Gasteiger partial charge in [-0.25, -0.2) is 0 Å². The molecule has 7 nitrogen and oxygen atoms in total. The maximum atomic E-state index is 12.2. The maximum Gasteiger partial charge on any atom is 0.238 e. The minimum atomic E-state index is -0.140. The van der Waals surface area contributed by atoms with Crippen LogP contribution in [0.2, 0.25) is 0 Å². The van der Waals surface area contributed by atoms with Crippen LogP contribution in [0.15, 0.2) is 0 Å². The highest BCUT2D eigenvalue weighted by Gasteiger charge is 2.16. The summed E-state index contributed by atoms with van der Waals surface area (Å²) in [5.41, 5.74) is 2.44. The second kappa shape index (κ2) is 7.93. The summed E-state index contributed by atoms with van der Waals surface area (Å²) in [6.07, 6.45) is 0. The van der Waals surface area contributed by atoms with Crippen LogP contribution in [0, 0.1) is 13.8 Å². The summed E-state index contributed by atoms with van der Waals surface area (Å²) in [6.45, 7) is 10.5. The smallest absolute Gasteiger partial charge is 0.238 e. The number of nitrogens with one attached hydrogen (secondary N) is 2. The van der Waals surface area contributed by atoms with Gasteiger partial charge in [-0.3, -0.25) is 19.2 Å². The molecular weight excluding hydrogens is 282 g/mol. The van der Waals surface area contributed by atoms with Gasteiger partial charge in [-0.15, -0.1) is 0 Å². The first-order valence-electron chi connectivity index (χ1n) is 7.56. The number of anilines is 1. The molecule has 2 N–H and O–H groups in total. The van der Waals surface area contributed by atoms with Crippen molar-refractivity contribution in [2.45, 2.75) is 40.7 Å². The first-order chi connectivity index (χ1) is 10.2. The zero-order chi connectivity index (χ0) is 16.9. The van der Waals surface area contributed by atoms with E-state index in [1.54, 1.807) is 9.58 Å². The molecule has 0 aliphatic rings. The Morgan fingerprint density at radius 3 is 2.27 bits per heavy atom. The third-order valence-electron chi connectivity index (χ3n) is 3.40. The van der Waals surface area contributed by atoms with E-state index in [-0.39, 0.29) is 30.9 Å². The Morgan fingerprint density at radius 2 is 1.82 bits per heavy atom. The molecule has 0 aliphatic carbocycles. The number of aromatic nitrogens is 2. The standard InChI is InChI=1S/C15H27N5O2/c1-7-20(8-13(21)16-10(2)3)9-14(22)17-15-11(4)18-19(6)12(15)5/h10H,7-9H2,1-6H3,(H,16,21)(H,17,22). The second-order valence-electron chi connectivity index (χ2n) is 5.74. The van der Waals surface area contributed by atoms with Gasteiger partial charge in [0.15, 0.2) is 0 Å². The Kier molecular flexibility index (Phi) is 6.55. The van der Waals surface area contributed by atoms with E-state index in [1.807, 2.05) is 41.7 Å². The molecule has 1 aromatic heterocycles. The van der Waals surface area contributed by atoms with Crippen LogP contribution in [-0.2, 0) is 16.6 Å². The lowest BCUT2D eigenvalue weighted by Crippen LogP contribution is -2.42. The molecule has 0 aromatic carbocycles. The van der Waals surface area contributed by atoms with Gasteiger partial charge in [0.05, 0.1) is 30.2 Å². The molecule has 2 amide bonds. The van der Waals surface area contributed by atoms with Crippen LogP contribution in [0.4, 0.5) is 5.69 Å². The van der Waals surface area contributed by atoms with Crippen molar-refractivity contribution in [3.8, 4) is 0 Å². The average Bonchev–Trinajstić information content (AvgIpc) is 2.63. The predicted octanol–water partition coefficient (Wildman–Crippen LogP) is 0.822. The zero-order valence-corrected chi connectivity index (χ0v) is 14.4. The normalized spacial score (nSPS) is 11.1. The van der Waals surface area contributed by atoms with Crippen LogP contribution in [0.3, 0.4) is 0 Å². The van der Waals surface area contributed by atoms with Gasteiger partial charge >= 0.3 is 0 Å². The van der Waals surface area contributed by atoms with Gasteiger partial charge in [0.25, 0.3) is 0 Å². The molecule has 0 saturated heterocycles. The molecule has 0 unspecified atom stereocenters. The highest BCUT2D eigenvalue weighted by molar-refractivity contribution is 5.93. The fourth-order valence-corrected chi connectivity index (χ4v) is 2.19. The molecule has 0 fully saturated rings. The highest BCUT2D eigenvalue weighted by atomic mass is 16.2. The summed E-state index contributed by atoms with van der Waals surface area (Å²) >= 11 is 0. The van der Waals surface area contributed by atoms with Gasteiger partial charge in [0, 0.05) is 13.1 Å². The number of nitrogens with zero attached hydrogens (tertiary/aromatic N) is 3. The molecule has 0 saturated carbocycles. The molecule has 7 heteroatoms. The predicted molar refractivity (Wildman–Crippen MR) is 86.7 cm³/mol. The van der Waals surface area contributed by atoms with Crippen molar-refractivity contribution in [2.75, 3.05) is 25.0 Å². The molecule has 0 radical (unpaired) electrons. The van der Waals surface area contributed by atoms with Crippen LogP contribution in [-0.4, -0.2) is 52.2 Å². The van der Waals surface area contributed by atoms with Gasteiger partial charge in [0.1, 0.15) is 0 Å². The van der Waals surface area contributed by atoms with E-state index in [2.05, 4.69) is 15.7 Å². The van der Waals surface area contributed by atoms with E-state index in [4.69, 9.17) is 0 Å². The van der Waals surface area contributed by atoms with Crippen molar-refractivity contribution in [2.24, 2.45) is 7.05 Å². The Labute approximate surface area is 132 Å². The largest absolute Gasteiger partial charge is 0.353 e. The number of amides is 2. The Bertz CT molecular complexity index is 536. The third-order valence-corrected chi connectivity index (χ3v) is 3.40. The molecule has 0 atom stereocenters. The number of carbonyl (C=O) groups is 2. The van der Waals surface area contributed by atoms with Crippen molar-refractivity contribution in [3.63, 3.8) is 0 Å². The number of rotatable bonds is 7. The van der Waals surface area contributed by atoms with E-state index in [0.29, 0.717) is 6.54 Å². The first kappa shape index (κ1) is 18.2. The molecule has 1 heterocycles. The quantitative estimate of drug-likeness (QED) is 0.781. The van der Waals surface area contributed by atoms with E-state index in [0.717, 1.165) is 17.1 Å². The lowest BCUT2D eigenvalue weighted by atomic mass is 10.3. The number of hydrogen-bond donors (Lipinski definition) is 2. The van der Waals surface area contributed by atoms with Gasteiger partial charge in [0.2, 0.25) is 11.8 Å². The van der Waals surface area contributed by atoms with Crippen molar-refractivity contribution in [1.29, 1.82) is 0 Å². The van der Waals surface area contributed by atoms with Crippen LogP contribution >= 0.6 is 0 Å². The Hall–Kier alpha value is -1.89. The van der Waals surface area contributed by atoms with Crippen LogP contribution < -0.4 is 10.6 Å². The summed E-state index contributed by atoms with van der Waals surface area (Å²) in [6, 6.07) is 0.0979. The number of hydrogen-bond acceptors (Lipinski definition) is 4. The number of carbonyl (C=O) groups excluding carboxylic acids is 2. The molecule has 124 valence electrons. The van der Waals surface area contributed by atoms with Gasteiger partial charge in [-0.2, -0.15) is 5.10 Å². The van der Waals surface area contributed by atoms with Crippen LogP contribution in [0.5, 0.6) is 0 Å². The lowest BCUT2D eigenvalue weighted by molar-refractivity contribution is -0.123. The molecule has 1 rings (SSSR count). The van der Waals surface area contributed by atoms with E-state index in [9.17, 15) is 9.59 Å². The SMILES string of the molecule is CCN(CC(=O)Nc1c(C)nn(C)c1C)CC(=O)NC(C)C. The van der Waals surface area contributed by atoms with Crippen LogP contribution in [0.25, 0.3) is 0 Å². The van der Waals surface area contributed by atoms with E-state index >= 15 is 0 Å². The van der Waals surface area contributed by atoms with Crippen molar-refractivity contribution in [1.82, 2.24) is 20.0 Å². The van der Waals surface area contributed by atoms with Crippen molar-refractivity contribution < 1.29 is 9.59 Å². The van der Waals surface area contributed by atoms with E-state index in [1.165, 1.54) is 0 Å². The van der Waals surface area contributed by atoms with Gasteiger partial charge < -0.3 is 10.6 Å². The fourth-order valence-electron chi connectivity index (χ4n) is 2.19. The lowest BCUT2D eigenvalue weighted by Gasteiger charge is -2.20. The number of likely N-dealkylation sites (N-methyl/N-ethyl adjacent to an activating group) is 1. The Balaban J connectivity index is 2.60. The monoisotopic (exact) mass is 309 g/mol. The Morgan fingerprint density at radius 1 is 1.23 bits per heavy atom. The summed E-state index contributed by atoms with van der Waals surface area (Å²) in [5.74, 6) is -0.211. The number of aryl methyl sites for hydroxylation is 2. The average molecular weight is 309 g/mol. The van der Waals surface area contributed by atoms with Crippen LogP contribution in [0.1, 0.15) is 32.2 Å². The van der Waals surface area contributed by atoms with E-state index < -0.39 is 0 Å². The topological polar surface area (TPSA) is 79.3 Å². The summed E-state index contributed by atoms with van der Waals surface area (Å²) < 4.78 is 1.73. The van der Waals surface area contributed by atoms with Gasteiger partial charge in [-0.05, 0) is 34.2 Å². The summed E-state index contributed by atoms with van der Waals surface area (Å²) in [7, 11) is 1.84. The third kappa shape index (κ3) is 5.14. The molecule has 0 bridgehead atoms. The minimum Gasteiger partial charge on any atom is -0.353 e. The molecule has 0 aliphatic heterocycles. The molecule has 22 heavy (non-hydrogen) atoms. The highest BCUT2D eigenvalue weighted by Crippen LogP contribution is 2.18. The maximum absolute atomic E-state index is 12.2. The summed E-state index contributed by atoms with van der Waals surface area (Å²) in [5, 5.41) is 9.98. The summed E-state index contributed by atoms with van der Waals surface area (Å²) in [4.78, 5) is 25.8. The zero-order valence-electron chi connectivity index (χ0n) is 14.4. The fraction of sp³-hybridized carbons (Fsp3) is 0.667. The second-order valence-corrected chi connectivity index (χ2v) is 5.74.